The number of carbonyl (C=O) groups excluding carboxylic acids is 1. The van der Waals surface area contributed by atoms with Gasteiger partial charge in [-0.05, 0) is 44.9 Å². The van der Waals surface area contributed by atoms with Gasteiger partial charge in [0.25, 0.3) is 0 Å². The van der Waals surface area contributed by atoms with E-state index >= 15 is 0 Å². The summed E-state index contributed by atoms with van der Waals surface area (Å²) in [5, 5.41) is 5.68. The van der Waals surface area contributed by atoms with E-state index in [9.17, 15) is 4.79 Å². The molecule has 8 nitrogen and oxygen atoms in total. The van der Waals surface area contributed by atoms with E-state index in [4.69, 9.17) is 21.3 Å². The molecule has 3 aromatic rings. The number of morpholine rings is 1. The fourth-order valence-electron chi connectivity index (χ4n) is 5.58. The van der Waals surface area contributed by atoms with Crippen LogP contribution >= 0.6 is 11.6 Å². The van der Waals surface area contributed by atoms with Crippen molar-refractivity contribution in [1.29, 1.82) is 0 Å². The lowest BCUT2D eigenvalue weighted by atomic mass is 10.0. The van der Waals surface area contributed by atoms with Crippen LogP contribution in [0.25, 0.3) is 21.8 Å². The van der Waals surface area contributed by atoms with Gasteiger partial charge in [0.1, 0.15) is 11.9 Å². The van der Waals surface area contributed by atoms with Crippen LogP contribution in [0.1, 0.15) is 26.7 Å². The van der Waals surface area contributed by atoms with Gasteiger partial charge in [-0.2, -0.15) is 0 Å². The van der Waals surface area contributed by atoms with E-state index in [1.54, 1.807) is 18.5 Å². The monoisotopic (exact) mass is 480 g/mol. The van der Waals surface area contributed by atoms with Crippen LogP contribution in [0.4, 0.5) is 5.69 Å². The fourth-order valence-corrected chi connectivity index (χ4v) is 5.80. The average Bonchev–Trinajstić information content (AvgIpc) is 3.49. The van der Waals surface area contributed by atoms with Gasteiger partial charge >= 0.3 is 0 Å². The summed E-state index contributed by atoms with van der Waals surface area (Å²) in [5.41, 5.74) is 2.07. The van der Waals surface area contributed by atoms with E-state index in [2.05, 4.69) is 38.9 Å². The lowest BCUT2D eigenvalue weighted by Crippen LogP contribution is -2.60. The Bertz CT molecular complexity index is 1300. The van der Waals surface area contributed by atoms with Crippen LogP contribution in [0.2, 0.25) is 5.02 Å². The van der Waals surface area contributed by atoms with Gasteiger partial charge in [0.2, 0.25) is 5.91 Å². The smallest absolute Gasteiger partial charge is 0.244 e. The second kappa shape index (κ2) is 8.22. The largest absolute Gasteiger partial charge is 0.372 e. The highest BCUT2D eigenvalue weighted by Crippen LogP contribution is 2.34. The first kappa shape index (κ1) is 21.8. The molecule has 6 rings (SSSR count). The van der Waals surface area contributed by atoms with Crippen molar-refractivity contribution in [3.8, 4) is 0 Å². The Hall–Kier alpha value is -2.68. The Kier molecular flexibility index (Phi) is 5.28. The highest BCUT2D eigenvalue weighted by molar-refractivity contribution is 6.33. The van der Waals surface area contributed by atoms with Crippen molar-refractivity contribution in [3.05, 3.63) is 35.6 Å². The molecule has 2 fully saturated rings. The molecule has 3 aliphatic rings. The number of halogens is 1. The third-order valence-electron chi connectivity index (χ3n) is 7.23. The minimum Gasteiger partial charge on any atom is -0.372 e. The van der Waals surface area contributed by atoms with E-state index in [1.165, 1.54) is 12.8 Å². The molecule has 0 aliphatic carbocycles. The number of amides is 1. The number of ether oxygens (including phenoxy) is 1. The molecule has 2 atom stereocenters. The summed E-state index contributed by atoms with van der Waals surface area (Å²) < 4.78 is 6.08. The van der Waals surface area contributed by atoms with Crippen LogP contribution in [0.3, 0.4) is 0 Å². The number of anilines is 1. The summed E-state index contributed by atoms with van der Waals surface area (Å²) >= 11 is 6.44. The number of pyridine rings is 1. The van der Waals surface area contributed by atoms with Gasteiger partial charge in [0, 0.05) is 41.1 Å². The predicted molar refractivity (Wildman–Crippen MR) is 135 cm³/mol. The summed E-state index contributed by atoms with van der Waals surface area (Å²) in [6.45, 7) is 7.72. The molecular formula is C25H29ClN6O2. The van der Waals surface area contributed by atoms with Crippen molar-refractivity contribution < 1.29 is 9.53 Å². The lowest BCUT2D eigenvalue weighted by Gasteiger charge is -2.43. The van der Waals surface area contributed by atoms with E-state index in [0.29, 0.717) is 36.4 Å². The molecule has 1 amide bonds. The maximum absolute atomic E-state index is 13.6. The summed E-state index contributed by atoms with van der Waals surface area (Å²) in [5.74, 6) is 0.999. The molecule has 0 bridgehead atoms. The number of aromatic nitrogens is 2. The van der Waals surface area contributed by atoms with Gasteiger partial charge in [-0.1, -0.05) is 11.6 Å². The van der Waals surface area contributed by atoms with Crippen molar-refractivity contribution in [2.45, 2.75) is 44.4 Å². The molecule has 1 aromatic carbocycles. The third kappa shape index (κ3) is 3.83. The number of aliphatic imine (C=N–C) groups is 1. The van der Waals surface area contributed by atoms with Gasteiger partial charge in [-0.3, -0.25) is 19.7 Å². The summed E-state index contributed by atoms with van der Waals surface area (Å²) in [6.07, 6.45) is 5.95. The molecule has 0 spiro atoms. The highest BCUT2D eigenvalue weighted by atomic mass is 35.5. The van der Waals surface area contributed by atoms with E-state index < -0.39 is 6.04 Å². The average molecular weight is 481 g/mol. The van der Waals surface area contributed by atoms with Gasteiger partial charge in [-0.25, -0.2) is 0 Å². The predicted octanol–water partition coefficient (Wildman–Crippen LogP) is 3.66. The molecule has 0 unspecified atom stereocenters. The summed E-state index contributed by atoms with van der Waals surface area (Å²) in [4.78, 5) is 30.6. The lowest BCUT2D eigenvalue weighted by molar-refractivity contribution is -0.141. The topological polar surface area (TPSA) is 85.9 Å². The minimum atomic E-state index is -0.419. The van der Waals surface area contributed by atoms with Gasteiger partial charge in [-0.15, -0.1) is 0 Å². The highest BCUT2D eigenvalue weighted by Gasteiger charge is 2.40. The standard InChI is InChI=1S/C25H29ClN6O2/c1-25(2)14-31(12-22-28-10-16-4-3-7-32(16)22)21(13-34-25)24(33)30-19-9-15(26)8-18-17-5-6-27-11-20(17)29-23(18)19/h5-6,8-9,11,16,21,29H,3-4,7,10,12-14H2,1-2H3,(H,30,33)/t16-,21-/m0/s1. The first-order valence-corrected chi connectivity index (χ1v) is 12.3. The third-order valence-corrected chi connectivity index (χ3v) is 7.45. The molecule has 0 saturated carbocycles. The maximum atomic E-state index is 13.6. The zero-order valence-corrected chi connectivity index (χ0v) is 20.2. The Labute approximate surface area is 203 Å². The minimum absolute atomic E-state index is 0.104. The number of rotatable bonds is 4. The molecule has 2 N–H and O–H groups in total. The van der Waals surface area contributed by atoms with Crippen molar-refractivity contribution in [3.63, 3.8) is 0 Å². The quantitative estimate of drug-likeness (QED) is 0.595. The van der Waals surface area contributed by atoms with Crippen LogP contribution < -0.4 is 5.32 Å². The van der Waals surface area contributed by atoms with E-state index in [1.807, 2.05) is 12.1 Å². The van der Waals surface area contributed by atoms with Crippen LogP contribution in [-0.4, -0.2) is 82.0 Å². The summed E-state index contributed by atoms with van der Waals surface area (Å²) in [6, 6.07) is 5.76. The number of nitrogens with one attached hydrogen (secondary N) is 2. The van der Waals surface area contributed by atoms with Gasteiger partial charge in [0.15, 0.2) is 0 Å². The van der Waals surface area contributed by atoms with Crippen LogP contribution in [0, 0.1) is 0 Å². The second-order valence-corrected chi connectivity index (χ2v) is 10.6. The normalized spacial score (nSPS) is 24.6. The van der Waals surface area contributed by atoms with Crippen LogP contribution in [0.15, 0.2) is 35.6 Å². The van der Waals surface area contributed by atoms with Crippen LogP contribution in [0.5, 0.6) is 0 Å². The molecule has 178 valence electrons. The second-order valence-electron chi connectivity index (χ2n) is 10.1. The Morgan fingerprint density at radius 3 is 3.12 bits per heavy atom. The summed E-state index contributed by atoms with van der Waals surface area (Å²) in [7, 11) is 0. The number of hydrogen-bond donors (Lipinski definition) is 2. The van der Waals surface area contributed by atoms with Crippen molar-refractivity contribution in [2.24, 2.45) is 4.99 Å². The number of H-pyrrole nitrogens is 1. The SMILES string of the molecule is CC1(C)CN(CC2=NC[C@@H]3CCCN23)[C@H](C(=O)Nc2cc(Cl)cc3c2[nH]c2cnccc23)CO1. The first-order valence-electron chi connectivity index (χ1n) is 11.9. The number of benzene rings is 1. The molecule has 0 radical (unpaired) electrons. The maximum Gasteiger partial charge on any atom is 0.244 e. The number of carbonyl (C=O) groups is 1. The zero-order chi connectivity index (χ0) is 23.4. The fraction of sp³-hybridized carbons (Fsp3) is 0.480. The van der Waals surface area contributed by atoms with Crippen molar-refractivity contribution in [1.82, 2.24) is 19.8 Å². The molecule has 2 aromatic heterocycles. The van der Waals surface area contributed by atoms with Gasteiger partial charge in [0.05, 0.1) is 48.2 Å². The van der Waals surface area contributed by atoms with E-state index in [-0.39, 0.29) is 11.5 Å². The Morgan fingerprint density at radius 1 is 1.35 bits per heavy atom. The number of amidine groups is 1. The van der Waals surface area contributed by atoms with E-state index in [0.717, 1.165) is 40.7 Å². The van der Waals surface area contributed by atoms with Crippen molar-refractivity contribution >= 4 is 50.8 Å². The molecular weight excluding hydrogens is 452 g/mol. The number of fused-ring (bicyclic) bond motifs is 4. The molecule has 9 heteroatoms. The Balaban J connectivity index is 1.28. The number of hydrogen-bond acceptors (Lipinski definition) is 6. The number of aromatic amines is 1. The first-order chi connectivity index (χ1) is 16.4. The Morgan fingerprint density at radius 2 is 2.24 bits per heavy atom. The molecule has 34 heavy (non-hydrogen) atoms. The number of nitrogens with zero attached hydrogens (tertiary/aromatic N) is 4. The van der Waals surface area contributed by atoms with Crippen molar-refractivity contribution in [2.75, 3.05) is 38.1 Å². The molecule has 3 aliphatic heterocycles. The molecule has 5 heterocycles. The van der Waals surface area contributed by atoms with Crippen LogP contribution in [-0.2, 0) is 9.53 Å². The molecule has 2 saturated heterocycles. The zero-order valence-electron chi connectivity index (χ0n) is 19.5. The van der Waals surface area contributed by atoms with Gasteiger partial charge < -0.3 is 19.9 Å².